The van der Waals surface area contributed by atoms with E-state index in [0.29, 0.717) is 11.6 Å². The Morgan fingerprint density at radius 3 is 2.61 bits per heavy atom. The molecule has 2 heterocycles. The second-order valence-corrected chi connectivity index (χ2v) is 6.43. The van der Waals surface area contributed by atoms with Crippen molar-refractivity contribution in [3.8, 4) is 0 Å². The van der Waals surface area contributed by atoms with Crippen LogP contribution in [-0.4, -0.2) is 31.9 Å². The Labute approximate surface area is 134 Å². The number of nitrogens with one attached hydrogen (secondary N) is 3. The number of nitrogens with zero attached hydrogens (tertiary/aromatic N) is 2. The zero-order valence-corrected chi connectivity index (χ0v) is 13.6. The minimum absolute atomic E-state index is 0.0865. The number of hydrogen-bond donors (Lipinski definition) is 3. The van der Waals surface area contributed by atoms with E-state index in [2.05, 4.69) is 26.8 Å². The van der Waals surface area contributed by atoms with Gasteiger partial charge in [-0.25, -0.2) is 0 Å². The molecular weight excluding hydrogens is 294 g/mol. The van der Waals surface area contributed by atoms with Crippen molar-refractivity contribution >= 4 is 5.91 Å². The largest absolute Gasteiger partial charge is 0.353 e. The van der Waals surface area contributed by atoms with Crippen LogP contribution in [0.4, 0.5) is 0 Å². The number of rotatable bonds is 4. The molecule has 0 atom stereocenters. The van der Waals surface area contributed by atoms with Gasteiger partial charge in [-0.15, -0.1) is 0 Å². The molecule has 1 aliphatic rings. The first-order chi connectivity index (χ1) is 11.0. The fourth-order valence-corrected chi connectivity index (χ4v) is 3.24. The number of aryl methyl sites for hydroxylation is 2. The zero-order valence-electron chi connectivity index (χ0n) is 13.6. The fraction of sp³-hybridized carbons (Fsp3) is 0.562. The highest BCUT2D eigenvalue weighted by Crippen LogP contribution is 2.28. The SMILES string of the molecule is Cc1cnn(C2CCC(NC(=O)Cc3c(C)[nH][nH]c3=O)CC2)c1. The van der Waals surface area contributed by atoms with Gasteiger partial charge in [0.2, 0.25) is 5.91 Å². The summed E-state index contributed by atoms with van der Waals surface area (Å²) in [6.07, 6.45) is 7.99. The Bertz CT molecular complexity index is 734. The van der Waals surface area contributed by atoms with E-state index in [9.17, 15) is 9.59 Å². The van der Waals surface area contributed by atoms with Crippen LogP contribution in [0.3, 0.4) is 0 Å². The normalized spacial score (nSPS) is 21.3. The van der Waals surface area contributed by atoms with E-state index in [-0.39, 0.29) is 23.9 Å². The van der Waals surface area contributed by atoms with Gasteiger partial charge in [0.1, 0.15) is 0 Å². The lowest BCUT2D eigenvalue weighted by Crippen LogP contribution is -2.39. The highest BCUT2D eigenvalue weighted by molar-refractivity contribution is 5.79. The maximum absolute atomic E-state index is 12.1. The highest BCUT2D eigenvalue weighted by atomic mass is 16.2. The van der Waals surface area contributed by atoms with Gasteiger partial charge in [-0.2, -0.15) is 5.10 Å². The first-order valence-corrected chi connectivity index (χ1v) is 8.09. The number of H-pyrrole nitrogens is 2. The molecule has 0 saturated heterocycles. The average molecular weight is 317 g/mol. The topological polar surface area (TPSA) is 95.6 Å². The predicted molar refractivity (Wildman–Crippen MR) is 86.3 cm³/mol. The second kappa shape index (κ2) is 6.44. The monoisotopic (exact) mass is 317 g/mol. The van der Waals surface area contributed by atoms with Gasteiger partial charge in [-0.1, -0.05) is 0 Å². The van der Waals surface area contributed by atoms with Crippen molar-refractivity contribution in [3.63, 3.8) is 0 Å². The van der Waals surface area contributed by atoms with E-state index >= 15 is 0 Å². The molecule has 0 unspecified atom stereocenters. The quantitative estimate of drug-likeness (QED) is 0.794. The van der Waals surface area contributed by atoms with Crippen molar-refractivity contribution in [3.05, 3.63) is 39.6 Å². The van der Waals surface area contributed by atoms with Crippen LogP contribution in [0.25, 0.3) is 0 Å². The van der Waals surface area contributed by atoms with Gasteiger partial charge in [-0.3, -0.25) is 19.4 Å². The van der Waals surface area contributed by atoms with Crippen LogP contribution in [0.5, 0.6) is 0 Å². The lowest BCUT2D eigenvalue weighted by Gasteiger charge is -2.29. The minimum Gasteiger partial charge on any atom is -0.353 e. The van der Waals surface area contributed by atoms with Gasteiger partial charge in [0.25, 0.3) is 5.56 Å². The summed E-state index contributed by atoms with van der Waals surface area (Å²) in [5, 5.41) is 12.7. The third-order valence-corrected chi connectivity index (χ3v) is 4.59. The van der Waals surface area contributed by atoms with Crippen LogP contribution in [0.15, 0.2) is 17.2 Å². The second-order valence-electron chi connectivity index (χ2n) is 6.43. The van der Waals surface area contributed by atoms with Crippen molar-refractivity contribution in [2.24, 2.45) is 0 Å². The van der Waals surface area contributed by atoms with Crippen molar-refractivity contribution in [1.29, 1.82) is 0 Å². The molecule has 1 saturated carbocycles. The van der Waals surface area contributed by atoms with Gasteiger partial charge in [0, 0.05) is 23.5 Å². The van der Waals surface area contributed by atoms with Crippen molar-refractivity contribution in [1.82, 2.24) is 25.3 Å². The fourth-order valence-electron chi connectivity index (χ4n) is 3.24. The molecule has 3 N–H and O–H groups in total. The molecule has 7 heteroatoms. The van der Waals surface area contributed by atoms with Gasteiger partial charge in [-0.05, 0) is 45.1 Å². The Morgan fingerprint density at radius 1 is 1.30 bits per heavy atom. The number of carbonyl (C=O) groups excluding carboxylic acids is 1. The minimum atomic E-state index is -0.213. The molecule has 1 aliphatic carbocycles. The third kappa shape index (κ3) is 3.55. The Kier molecular flexibility index (Phi) is 4.36. The zero-order chi connectivity index (χ0) is 16.4. The van der Waals surface area contributed by atoms with Gasteiger partial charge in [0.05, 0.1) is 18.7 Å². The van der Waals surface area contributed by atoms with Crippen LogP contribution in [0.2, 0.25) is 0 Å². The molecule has 0 bridgehead atoms. The van der Waals surface area contributed by atoms with E-state index in [1.54, 1.807) is 6.92 Å². The van der Waals surface area contributed by atoms with Crippen LogP contribution in [0.1, 0.15) is 48.5 Å². The molecule has 3 rings (SSSR count). The van der Waals surface area contributed by atoms with E-state index < -0.39 is 0 Å². The highest BCUT2D eigenvalue weighted by Gasteiger charge is 2.24. The molecule has 1 amide bonds. The number of aromatic amines is 2. The molecule has 2 aromatic rings. The van der Waals surface area contributed by atoms with E-state index in [1.807, 2.05) is 17.8 Å². The van der Waals surface area contributed by atoms with Crippen molar-refractivity contribution < 1.29 is 4.79 Å². The number of amides is 1. The summed E-state index contributed by atoms with van der Waals surface area (Å²) in [6, 6.07) is 0.611. The number of aromatic nitrogens is 4. The summed E-state index contributed by atoms with van der Waals surface area (Å²) in [7, 11) is 0. The Hall–Kier alpha value is -2.31. The maximum atomic E-state index is 12.1. The molecule has 2 aromatic heterocycles. The first-order valence-electron chi connectivity index (χ1n) is 8.09. The molecule has 7 nitrogen and oxygen atoms in total. The maximum Gasteiger partial charge on any atom is 0.267 e. The average Bonchev–Trinajstić information content (AvgIpc) is 3.09. The molecule has 124 valence electrons. The molecule has 0 aliphatic heterocycles. The van der Waals surface area contributed by atoms with Crippen LogP contribution >= 0.6 is 0 Å². The van der Waals surface area contributed by atoms with Crippen LogP contribution < -0.4 is 10.9 Å². The first kappa shape index (κ1) is 15.6. The van der Waals surface area contributed by atoms with Crippen molar-refractivity contribution in [2.45, 2.75) is 58.0 Å². The molecule has 1 fully saturated rings. The molecule has 23 heavy (non-hydrogen) atoms. The van der Waals surface area contributed by atoms with Gasteiger partial charge in [0.15, 0.2) is 0 Å². The predicted octanol–water partition coefficient (Wildman–Crippen LogP) is 1.36. The van der Waals surface area contributed by atoms with Gasteiger partial charge < -0.3 is 10.4 Å². The summed E-state index contributed by atoms with van der Waals surface area (Å²) in [5.74, 6) is -0.0865. The summed E-state index contributed by atoms with van der Waals surface area (Å²) in [6.45, 7) is 3.83. The summed E-state index contributed by atoms with van der Waals surface area (Å²) < 4.78 is 2.04. The standard InChI is InChI=1S/C16H23N5O2/c1-10-8-17-21(9-10)13-5-3-12(4-6-13)18-15(22)7-14-11(2)19-20-16(14)23/h8-9,12-13H,3-7H2,1-2H3,(H,18,22)(H2,19,20,23). The number of carbonyl (C=O) groups is 1. The number of hydrogen-bond acceptors (Lipinski definition) is 3. The molecule has 0 aromatic carbocycles. The molecule has 0 radical (unpaired) electrons. The summed E-state index contributed by atoms with van der Waals surface area (Å²) >= 11 is 0. The Morgan fingerprint density at radius 2 is 2.04 bits per heavy atom. The lowest BCUT2D eigenvalue weighted by atomic mass is 9.91. The third-order valence-electron chi connectivity index (χ3n) is 4.59. The van der Waals surface area contributed by atoms with Crippen LogP contribution in [-0.2, 0) is 11.2 Å². The summed E-state index contributed by atoms with van der Waals surface area (Å²) in [4.78, 5) is 23.7. The molecule has 0 spiro atoms. The van der Waals surface area contributed by atoms with E-state index in [1.165, 1.54) is 5.56 Å². The van der Waals surface area contributed by atoms with E-state index in [0.717, 1.165) is 31.4 Å². The summed E-state index contributed by atoms with van der Waals surface area (Å²) in [5.41, 5.74) is 2.20. The van der Waals surface area contributed by atoms with Crippen molar-refractivity contribution in [2.75, 3.05) is 0 Å². The smallest absolute Gasteiger partial charge is 0.267 e. The molecular formula is C16H23N5O2. The lowest BCUT2D eigenvalue weighted by molar-refractivity contribution is -0.121. The Balaban J connectivity index is 1.50. The van der Waals surface area contributed by atoms with E-state index in [4.69, 9.17) is 0 Å². The van der Waals surface area contributed by atoms with Crippen LogP contribution in [0, 0.1) is 13.8 Å². The van der Waals surface area contributed by atoms with Gasteiger partial charge >= 0.3 is 0 Å².